The van der Waals surface area contributed by atoms with E-state index in [0.29, 0.717) is 16.7 Å². The number of phenols is 1. The van der Waals surface area contributed by atoms with Crippen LogP contribution in [0.2, 0.25) is 0 Å². The molecular formula is C13H14O3. The van der Waals surface area contributed by atoms with Crippen LogP contribution in [0.3, 0.4) is 0 Å². The van der Waals surface area contributed by atoms with Crippen molar-refractivity contribution >= 4 is 5.76 Å². The molecule has 1 aromatic rings. The molecule has 0 fully saturated rings. The molecule has 0 heterocycles. The summed E-state index contributed by atoms with van der Waals surface area (Å²) in [6, 6.07) is 4.84. The molecule has 16 heavy (non-hydrogen) atoms. The van der Waals surface area contributed by atoms with Gasteiger partial charge >= 0.3 is 0 Å². The highest BCUT2D eigenvalue weighted by Gasteiger charge is 2.26. The number of allylic oxidation sites excluding steroid dienone is 1. The van der Waals surface area contributed by atoms with Crippen LogP contribution in [-0.2, 0) is 0 Å². The molecule has 0 saturated heterocycles. The van der Waals surface area contributed by atoms with E-state index < -0.39 is 6.10 Å². The molecule has 3 heteroatoms. The Labute approximate surface area is 94.0 Å². The first-order valence-electron chi connectivity index (χ1n) is 5.10. The van der Waals surface area contributed by atoms with E-state index in [2.05, 4.69) is 0 Å². The lowest BCUT2D eigenvalue weighted by atomic mass is 9.87. The lowest BCUT2D eigenvalue weighted by molar-refractivity contribution is 0.215. The summed E-state index contributed by atoms with van der Waals surface area (Å²) in [5.74, 6) is -0.0206. The second-order valence-corrected chi connectivity index (χ2v) is 4.13. The number of aliphatic hydroxyl groups excluding tert-OH is 2. The number of fused-ring (bicyclic) bond motifs is 1. The fourth-order valence-electron chi connectivity index (χ4n) is 1.95. The van der Waals surface area contributed by atoms with Crippen LogP contribution in [0.15, 0.2) is 35.4 Å². The van der Waals surface area contributed by atoms with Crippen LogP contribution in [0.5, 0.6) is 5.75 Å². The van der Waals surface area contributed by atoms with Crippen molar-refractivity contribution in [2.24, 2.45) is 0 Å². The van der Waals surface area contributed by atoms with E-state index in [1.54, 1.807) is 12.1 Å². The molecule has 0 aromatic heterocycles. The highest BCUT2D eigenvalue weighted by Crippen LogP contribution is 2.40. The predicted octanol–water partition coefficient (Wildman–Crippen LogP) is 2.67. The van der Waals surface area contributed by atoms with Crippen molar-refractivity contribution in [2.45, 2.75) is 20.0 Å². The quantitative estimate of drug-likeness (QED) is 0.627. The van der Waals surface area contributed by atoms with Crippen molar-refractivity contribution < 1.29 is 15.3 Å². The third kappa shape index (κ3) is 1.49. The summed E-state index contributed by atoms with van der Waals surface area (Å²) in [7, 11) is 0. The molecule has 0 saturated carbocycles. The molecule has 1 atom stereocenters. The van der Waals surface area contributed by atoms with E-state index in [1.807, 2.05) is 13.8 Å². The third-order valence-corrected chi connectivity index (χ3v) is 2.79. The van der Waals surface area contributed by atoms with Crippen LogP contribution >= 0.6 is 0 Å². The second kappa shape index (κ2) is 3.68. The highest BCUT2D eigenvalue weighted by molar-refractivity contribution is 5.74. The fraction of sp³-hybridized carbons (Fsp3) is 0.231. The number of hydrogen-bond acceptors (Lipinski definition) is 3. The van der Waals surface area contributed by atoms with Gasteiger partial charge < -0.3 is 15.3 Å². The second-order valence-electron chi connectivity index (χ2n) is 4.13. The zero-order valence-corrected chi connectivity index (χ0v) is 9.23. The summed E-state index contributed by atoms with van der Waals surface area (Å²) in [6.45, 7) is 3.74. The summed E-state index contributed by atoms with van der Waals surface area (Å²) in [6.07, 6.45) is 0.713. The van der Waals surface area contributed by atoms with Crippen molar-refractivity contribution in [3.63, 3.8) is 0 Å². The summed E-state index contributed by atoms with van der Waals surface area (Å²) in [4.78, 5) is 0. The number of aliphatic hydroxyl groups is 2. The molecular weight excluding hydrogens is 204 g/mol. The third-order valence-electron chi connectivity index (χ3n) is 2.79. The fourth-order valence-corrected chi connectivity index (χ4v) is 1.95. The van der Waals surface area contributed by atoms with Gasteiger partial charge in [-0.2, -0.15) is 0 Å². The first-order chi connectivity index (χ1) is 7.52. The summed E-state index contributed by atoms with van der Waals surface area (Å²) in [5.41, 5.74) is 2.47. The van der Waals surface area contributed by atoms with E-state index >= 15 is 0 Å². The Bertz CT molecular complexity index is 494. The van der Waals surface area contributed by atoms with Crippen molar-refractivity contribution in [3.05, 3.63) is 46.5 Å². The van der Waals surface area contributed by atoms with Crippen LogP contribution in [0, 0.1) is 0 Å². The molecule has 2 rings (SSSR count). The smallest absolute Gasteiger partial charge is 0.127 e. The standard InChI is InChI=1S/C13H14O3/c1-7(2)9-6-11(15)12-8(13(9)16)4-3-5-10(12)14/h3-6,13-16H,1-2H3. The van der Waals surface area contributed by atoms with Crippen LogP contribution in [0.25, 0.3) is 5.76 Å². The largest absolute Gasteiger partial charge is 0.507 e. The zero-order valence-electron chi connectivity index (χ0n) is 9.23. The minimum Gasteiger partial charge on any atom is -0.507 e. The molecule has 0 spiro atoms. The van der Waals surface area contributed by atoms with Crippen LogP contribution in [-0.4, -0.2) is 15.3 Å². The summed E-state index contributed by atoms with van der Waals surface area (Å²) < 4.78 is 0. The maximum Gasteiger partial charge on any atom is 0.127 e. The number of aromatic hydroxyl groups is 1. The van der Waals surface area contributed by atoms with E-state index in [-0.39, 0.29) is 11.5 Å². The Morgan fingerprint density at radius 3 is 2.50 bits per heavy atom. The van der Waals surface area contributed by atoms with E-state index in [1.165, 1.54) is 12.1 Å². The minimum atomic E-state index is -0.789. The Morgan fingerprint density at radius 2 is 1.88 bits per heavy atom. The maximum atomic E-state index is 10.1. The summed E-state index contributed by atoms with van der Waals surface area (Å²) in [5, 5.41) is 29.6. The molecule has 1 aromatic carbocycles. The van der Waals surface area contributed by atoms with Crippen LogP contribution in [0.1, 0.15) is 31.1 Å². The Kier molecular flexibility index (Phi) is 2.48. The normalized spacial score (nSPS) is 19.1. The number of phenolic OH excluding ortho intramolecular Hbond substituents is 1. The van der Waals surface area contributed by atoms with Gasteiger partial charge in [0.05, 0.1) is 5.56 Å². The molecule has 84 valence electrons. The Morgan fingerprint density at radius 1 is 1.19 bits per heavy atom. The monoisotopic (exact) mass is 218 g/mol. The highest BCUT2D eigenvalue weighted by atomic mass is 16.3. The summed E-state index contributed by atoms with van der Waals surface area (Å²) >= 11 is 0. The van der Waals surface area contributed by atoms with Gasteiger partial charge in [0.1, 0.15) is 17.6 Å². The van der Waals surface area contributed by atoms with E-state index in [9.17, 15) is 15.3 Å². The first-order valence-corrected chi connectivity index (χ1v) is 5.10. The maximum absolute atomic E-state index is 10.1. The van der Waals surface area contributed by atoms with Gasteiger partial charge in [0.25, 0.3) is 0 Å². The van der Waals surface area contributed by atoms with Gasteiger partial charge in [-0.15, -0.1) is 0 Å². The molecule has 3 N–H and O–H groups in total. The number of rotatable bonds is 0. The van der Waals surface area contributed by atoms with Gasteiger partial charge in [0, 0.05) is 0 Å². The van der Waals surface area contributed by atoms with Crippen molar-refractivity contribution in [2.75, 3.05) is 0 Å². The Balaban J connectivity index is 2.71. The first kappa shape index (κ1) is 10.8. The van der Waals surface area contributed by atoms with E-state index in [4.69, 9.17) is 0 Å². The zero-order chi connectivity index (χ0) is 11.9. The SMILES string of the molecule is CC(C)=C1C=C(O)c2c(O)cccc2C1O. The van der Waals surface area contributed by atoms with Crippen molar-refractivity contribution in [1.29, 1.82) is 0 Å². The molecule has 0 aliphatic heterocycles. The van der Waals surface area contributed by atoms with Gasteiger partial charge in [0.2, 0.25) is 0 Å². The predicted molar refractivity (Wildman–Crippen MR) is 62.0 cm³/mol. The Hall–Kier alpha value is -1.74. The molecule has 1 aliphatic carbocycles. The lowest BCUT2D eigenvalue weighted by Crippen LogP contribution is -2.10. The number of hydrogen-bond donors (Lipinski definition) is 3. The average molecular weight is 218 g/mol. The molecule has 0 bridgehead atoms. The molecule has 1 aliphatic rings. The van der Waals surface area contributed by atoms with E-state index in [0.717, 1.165) is 5.57 Å². The topological polar surface area (TPSA) is 60.7 Å². The molecule has 0 amide bonds. The van der Waals surface area contributed by atoms with Gasteiger partial charge in [-0.1, -0.05) is 17.7 Å². The van der Waals surface area contributed by atoms with Crippen LogP contribution in [0.4, 0.5) is 0 Å². The van der Waals surface area contributed by atoms with Gasteiger partial charge in [-0.3, -0.25) is 0 Å². The minimum absolute atomic E-state index is 0.00500. The molecule has 1 unspecified atom stereocenters. The number of benzene rings is 1. The van der Waals surface area contributed by atoms with Crippen LogP contribution < -0.4 is 0 Å². The van der Waals surface area contributed by atoms with Crippen molar-refractivity contribution in [3.8, 4) is 5.75 Å². The van der Waals surface area contributed by atoms with Gasteiger partial charge in [-0.05, 0) is 37.1 Å². The van der Waals surface area contributed by atoms with Gasteiger partial charge in [0.15, 0.2) is 0 Å². The molecule has 0 radical (unpaired) electrons. The average Bonchev–Trinajstić information content (AvgIpc) is 2.22. The van der Waals surface area contributed by atoms with Crippen molar-refractivity contribution in [1.82, 2.24) is 0 Å². The van der Waals surface area contributed by atoms with Gasteiger partial charge in [-0.25, -0.2) is 0 Å². The lowest BCUT2D eigenvalue weighted by Gasteiger charge is -2.23. The molecule has 3 nitrogen and oxygen atoms in total.